The van der Waals surface area contributed by atoms with Crippen LogP contribution in [0.15, 0.2) is 144 Å². The van der Waals surface area contributed by atoms with Crippen molar-refractivity contribution in [2.45, 2.75) is 33.1 Å². The summed E-state index contributed by atoms with van der Waals surface area (Å²) in [4.78, 5) is 4.98. The van der Waals surface area contributed by atoms with Gasteiger partial charge in [0.2, 0.25) is 8.07 Å². The van der Waals surface area contributed by atoms with E-state index in [1.807, 2.05) is 6.20 Å². The third-order valence-corrected chi connectivity index (χ3v) is 13.5. The highest BCUT2D eigenvalue weighted by Crippen LogP contribution is 2.37. The van der Waals surface area contributed by atoms with E-state index >= 15 is 0 Å². The maximum atomic E-state index is 7.25. The van der Waals surface area contributed by atoms with E-state index in [1.54, 1.807) is 0 Å². The topological polar surface area (TPSA) is 26.0 Å². The minimum Gasteiger partial charge on any atom is -0.462 e. The molecule has 43 heavy (non-hydrogen) atoms. The van der Waals surface area contributed by atoms with Crippen LogP contribution in [-0.2, 0) is 5.41 Å². The first-order chi connectivity index (χ1) is 20.9. The van der Waals surface area contributed by atoms with Crippen molar-refractivity contribution in [3.63, 3.8) is 0 Å². The summed E-state index contributed by atoms with van der Waals surface area (Å²) in [5.74, 6) is 0. The summed E-state index contributed by atoms with van der Waals surface area (Å²) < 4.78 is 7.25. The molecule has 3 heteroatoms. The molecule has 0 aliphatic heterocycles. The second kappa shape index (κ2) is 10.5. The summed E-state index contributed by atoms with van der Waals surface area (Å²) in [6.07, 6.45) is 1.94. The molecule has 0 saturated carbocycles. The molecule has 0 atom stereocenters. The van der Waals surface area contributed by atoms with Gasteiger partial charge < -0.3 is 4.42 Å². The summed E-state index contributed by atoms with van der Waals surface area (Å²) in [5, 5.41) is 8.56. The van der Waals surface area contributed by atoms with Gasteiger partial charge in [0.25, 0.3) is 0 Å². The van der Waals surface area contributed by atoms with Gasteiger partial charge in [-0.05, 0) is 68.0 Å². The fourth-order valence-electron chi connectivity index (χ4n) is 6.74. The molecule has 0 spiro atoms. The Balaban J connectivity index is 1.57. The summed E-state index contributed by atoms with van der Waals surface area (Å²) in [6.45, 7) is 9.06. The Kier molecular flexibility index (Phi) is 6.63. The number of fused-ring (bicyclic) bond motifs is 2. The van der Waals surface area contributed by atoms with Crippen LogP contribution in [0.25, 0.3) is 33.0 Å². The number of pyridine rings is 1. The summed E-state index contributed by atoms with van der Waals surface area (Å²) in [7, 11) is -2.83. The van der Waals surface area contributed by atoms with Crippen molar-refractivity contribution in [2.24, 2.45) is 0 Å². The van der Waals surface area contributed by atoms with Crippen LogP contribution in [0, 0.1) is 6.92 Å². The number of hydrogen-bond acceptors (Lipinski definition) is 2. The van der Waals surface area contributed by atoms with Crippen molar-refractivity contribution in [3.05, 3.63) is 151 Å². The number of nitrogens with zero attached hydrogens (tertiary/aromatic N) is 1. The molecular weight excluding hydrogens is 539 g/mol. The molecule has 0 saturated heterocycles. The molecule has 2 aromatic heterocycles. The van der Waals surface area contributed by atoms with Crippen LogP contribution in [0.1, 0.15) is 31.9 Å². The van der Waals surface area contributed by atoms with Crippen molar-refractivity contribution in [3.8, 4) is 11.3 Å². The lowest BCUT2D eigenvalue weighted by Crippen LogP contribution is -2.75. The largest absolute Gasteiger partial charge is 0.462 e. The molecule has 0 aliphatic rings. The highest BCUT2D eigenvalue weighted by molar-refractivity contribution is 7.19. The van der Waals surface area contributed by atoms with Gasteiger partial charge in [-0.3, -0.25) is 4.98 Å². The fraction of sp³-hybridized carbons (Fsp3) is 0.125. The molecular formula is C40H35NOSi. The summed E-state index contributed by atoms with van der Waals surface area (Å²) in [5.41, 5.74) is 5.29. The molecule has 0 fully saturated rings. The SMILES string of the molecule is Cc1c([Si](c2ccccc2)(c2ccccc2)c2ccccc2)oc2c(-c3cc(C(C)(C)C)c4ccccc4c3)nccc12. The van der Waals surface area contributed by atoms with E-state index in [0.717, 1.165) is 27.6 Å². The molecule has 0 aliphatic carbocycles. The first-order valence-corrected chi connectivity index (χ1v) is 17.0. The van der Waals surface area contributed by atoms with Gasteiger partial charge in [-0.2, -0.15) is 0 Å². The van der Waals surface area contributed by atoms with Gasteiger partial charge in [0.15, 0.2) is 5.58 Å². The van der Waals surface area contributed by atoms with E-state index in [-0.39, 0.29) is 5.41 Å². The van der Waals surface area contributed by atoms with Gasteiger partial charge >= 0.3 is 0 Å². The van der Waals surface area contributed by atoms with Gasteiger partial charge in [-0.25, -0.2) is 0 Å². The van der Waals surface area contributed by atoms with Crippen LogP contribution in [0.4, 0.5) is 0 Å². The van der Waals surface area contributed by atoms with Gasteiger partial charge in [0.05, 0.1) is 0 Å². The second-order valence-electron chi connectivity index (χ2n) is 12.4. The average molecular weight is 574 g/mol. The predicted molar refractivity (Wildman–Crippen MR) is 184 cm³/mol. The third-order valence-electron chi connectivity index (χ3n) is 8.76. The Morgan fingerprint density at radius 2 is 1.14 bits per heavy atom. The van der Waals surface area contributed by atoms with Gasteiger partial charge in [0, 0.05) is 17.1 Å². The predicted octanol–water partition coefficient (Wildman–Crippen LogP) is 7.63. The zero-order chi connectivity index (χ0) is 29.6. The van der Waals surface area contributed by atoms with Gasteiger partial charge in [-0.15, -0.1) is 0 Å². The first kappa shape index (κ1) is 27.1. The van der Waals surface area contributed by atoms with Crippen LogP contribution in [0.2, 0.25) is 0 Å². The maximum absolute atomic E-state index is 7.25. The quantitative estimate of drug-likeness (QED) is 0.156. The van der Waals surface area contributed by atoms with E-state index in [4.69, 9.17) is 9.40 Å². The van der Waals surface area contributed by atoms with Crippen molar-refractivity contribution >= 4 is 50.8 Å². The van der Waals surface area contributed by atoms with E-state index in [1.165, 1.54) is 37.5 Å². The summed E-state index contributed by atoms with van der Waals surface area (Å²) in [6, 6.07) is 48.2. The zero-order valence-corrected chi connectivity index (χ0v) is 26.1. The standard InChI is InChI=1S/C40H35NOSi/c1-28-34-24-25-41-37(30-26-29-16-14-15-23-35(29)36(27-30)40(2,3)4)38(34)42-39(28)43(31-17-8-5-9-18-31,32-19-10-6-11-20-32)33-21-12-7-13-22-33/h5-27H,1-4H3. The molecule has 0 N–H and O–H groups in total. The first-order valence-electron chi connectivity index (χ1n) is 15.0. The van der Waals surface area contributed by atoms with Crippen LogP contribution in [0.3, 0.4) is 0 Å². The minimum atomic E-state index is -2.83. The molecule has 7 rings (SSSR count). The minimum absolute atomic E-state index is 0.0241. The number of hydrogen-bond donors (Lipinski definition) is 0. The molecule has 5 aromatic carbocycles. The van der Waals surface area contributed by atoms with Gasteiger partial charge in [0.1, 0.15) is 11.1 Å². The van der Waals surface area contributed by atoms with E-state index < -0.39 is 8.07 Å². The molecule has 2 nitrogen and oxygen atoms in total. The Hall–Kier alpha value is -4.73. The Morgan fingerprint density at radius 3 is 1.70 bits per heavy atom. The smallest absolute Gasteiger partial charge is 0.223 e. The molecule has 7 aromatic rings. The Morgan fingerprint density at radius 1 is 0.605 bits per heavy atom. The Labute approximate surface area is 254 Å². The summed E-state index contributed by atoms with van der Waals surface area (Å²) >= 11 is 0. The average Bonchev–Trinajstić information content (AvgIpc) is 3.38. The Bertz CT molecular complexity index is 1960. The van der Waals surface area contributed by atoms with Crippen LogP contribution < -0.4 is 20.9 Å². The number of benzene rings is 5. The highest BCUT2D eigenvalue weighted by atomic mass is 28.3. The maximum Gasteiger partial charge on any atom is 0.223 e. The fourth-order valence-corrected chi connectivity index (χ4v) is 11.6. The van der Waals surface area contributed by atoms with Crippen LogP contribution in [-0.4, -0.2) is 13.1 Å². The molecule has 0 unspecified atom stereocenters. The van der Waals surface area contributed by atoms with Crippen molar-refractivity contribution < 1.29 is 4.42 Å². The monoisotopic (exact) mass is 573 g/mol. The molecule has 2 heterocycles. The normalized spacial score (nSPS) is 12.2. The molecule has 0 bridgehead atoms. The molecule has 210 valence electrons. The number of aromatic nitrogens is 1. The zero-order valence-electron chi connectivity index (χ0n) is 25.1. The van der Waals surface area contributed by atoms with Crippen molar-refractivity contribution in [1.29, 1.82) is 0 Å². The lowest BCUT2D eigenvalue weighted by atomic mass is 9.82. The van der Waals surface area contributed by atoms with E-state index in [2.05, 4.69) is 161 Å². The van der Waals surface area contributed by atoms with Crippen LogP contribution >= 0.6 is 0 Å². The number of rotatable bonds is 5. The van der Waals surface area contributed by atoms with Crippen LogP contribution in [0.5, 0.6) is 0 Å². The van der Waals surface area contributed by atoms with Crippen molar-refractivity contribution in [2.75, 3.05) is 0 Å². The molecule has 0 radical (unpaired) electrons. The number of aryl methyl sites for hydroxylation is 1. The second-order valence-corrected chi connectivity index (χ2v) is 16.1. The lowest BCUT2D eigenvalue weighted by molar-refractivity contribution is 0.596. The van der Waals surface area contributed by atoms with E-state index in [9.17, 15) is 0 Å². The molecule has 0 amide bonds. The third kappa shape index (κ3) is 4.43. The van der Waals surface area contributed by atoms with E-state index in [0.29, 0.717) is 0 Å². The lowest BCUT2D eigenvalue weighted by Gasteiger charge is -2.32. The number of furan rings is 1. The van der Waals surface area contributed by atoms with Crippen molar-refractivity contribution in [1.82, 2.24) is 4.98 Å². The van der Waals surface area contributed by atoms with Gasteiger partial charge in [-0.1, -0.05) is 136 Å². The highest BCUT2D eigenvalue weighted by Gasteiger charge is 2.46.